The fourth-order valence-corrected chi connectivity index (χ4v) is 4.81. The number of Topliss-reactive ketones (excluding diaryl/α,β-unsaturated/α-hetero) is 1. The Morgan fingerprint density at radius 3 is 2.83 bits per heavy atom. The fourth-order valence-electron chi connectivity index (χ4n) is 4.10. The van der Waals surface area contributed by atoms with Crippen LogP contribution in [-0.4, -0.2) is 35.3 Å². The van der Waals surface area contributed by atoms with E-state index in [1.807, 2.05) is 32.2 Å². The smallest absolute Gasteiger partial charge is 0.181 e. The predicted octanol–water partition coefficient (Wildman–Crippen LogP) is 3.95. The number of hydrogen-bond acceptors (Lipinski definition) is 6. The number of carbonyl (C=O) groups is 1. The van der Waals surface area contributed by atoms with Crippen molar-refractivity contribution in [3.8, 4) is 21.8 Å². The highest BCUT2D eigenvalue weighted by atomic mass is 32.1. The molecule has 3 aromatic heterocycles. The number of imidazole rings is 1. The van der Waals surface area contributed by atoms with Crippen LogP contribution in [0.1, 0.15) is 34.2 Å². The Kier molecular flexibility index (Phi) is 4.78. The van der Waals surface area contributed by atoms with Gasteiger partial charge in [-0.25, -0.2) is 4.98 Å². The Balaban J connectivity index is 1.34. The molecule has 0 saturated heterocycles. The molecule has 0 bridgehead atoms. The van der Waals surface area contributed by atoms with Crippen molar-refractivity contribution in [2.24, 2.45) is 13.0 Å². The lowest BCUT2D eigenvalue weighted by molar-refractivity contribution is 0.0945. The first-order valence-corrected chi connectivity index (χ1v) is 10.9. The first-order valence-electron chi connectivity index (χ1n) is 10.1. The van der Waals surface area contributed by atoms with Gasteiger partial charge in [0, 0.05) is 38.2 Å². The van der Waals surface area contributed by atoms with Crippen LogP contribution in [0.25, 0.3) is 21.8 Å². The molecule has 1 unspecified atom stereocenters. The van der Waals surface area contributed by atoms with E-state index in [-0.39, 0.29) is 11.7 Å². The molecule has 1 aromatic carbocycles. The van der Waals surface area contributed by atoms with Crippen LogP contribution in [0.5, 0.6) is 0 Å². The molecule has 0 spiro atoms. The molecule has 8 heteroatoms. The van der Waals surface area contributed by atoms with E-state index in [9.17, 15) is 4.79 Å². The van der Waals surface area contributed by atoms with Crippen LogP contribution in [0.15, 0.2) is 42.7 Å². The average Bonchev–Trinajstić information content (AvgIpc) is 3.46. The first kappa shape index (κ1) is 18.9. The maximum Gasteiger partial charge on any atom is 0.181 e. The van der Waals surface area contributed by atoms with Gasteiger partial charge in [0.2, 0.25) is 0 Å². The van der Waals surface area contributed by atoms with Gasteiger partial charge in [0.25, 0.3) is 0 Å². The zero-order valence-corrected chi connectivity index (χ0v) is 17.8. The van der Waals surface area contributed by atoms with Gasteiger partial charge in [-0.05, 0) is 19.3 Å². The van der Waals surface area contributed by atoms with Crippen LogP contribution in [0.3, 0.4) is 0 Å². The predicted molar refractivity (Wildman–Crippen MR) is 115 cm³/mol. The minimum atomic E-state index is 0.103. The molecule has 0 fully saturated rings. The normalized spacial score (nSPS) is 15.9. The van der Waals surface area contributed by atoms with Gasteiger partial charge in [0.1, 0.15) is 16.5 Å². The molecule has 0 N–H and O–H groups in total. The Labute approximate surface area is 178 Å². The molecular formula is C22H22N6OS. The lowest BCUT2D eigenvalue weighted by Crippen LogP contribution is -2.22. The van der Waals surface area contributed by atoms with Crippen molar-refractivity contribution < 1.29 is 4.79 Å². The van der Waals surface area contributed by atoms with E-state index in [1.165, 1.54) is 11.3 Å². The van der Waals surface area contributed by atoms with Crippen LogP contribution in [-0.2, 0) is 20.0 Å². The van der Waals surface area contributed by atoms with Crippen molar-refractivity contribution in [3.63, 3.8) is 0 Å². The summed E-state index contributed by atoms with van der Waals surface area (Å²) in [6.07, 6.45) is 6.10. The van der Waals surface area contributed by atoms with Gasteiger partial charge in [-0.15, -0.1) is 10.2 Å². The summed E-state index contributed by atoms with van der Waals surface area (Å²) in [4.78, 5) is 18.0. The fraction of sp³-hybridized carbons (Fsp3) is 0.318. The summed E-state index contributed by atoms with van der Waals surface area (Å²) < 4.78 is 3.88. The molecule has 0 amide bonds. The van der Waals surface area contributed by atoms with E-state index in [0.717, 1.165) is 52.0 Å². The number of aromatic nitrogens is 6. The van der Waals surface area contributed by atoms with Crippen molar-refractivity contribution in [1.29, 1.82) is 0 Å². The SMILES string of the molecule is Cc1nnc(-c2cnn(C)c2C(=O)CC2CCn3cc(-c4ccccc4)nc3C2)s1. The maximum atomic E-state index is 13.2. The van der Waals surface area contributed by atoms with Gasteiger partial charge in [0.05, 0.1) is 17.5 Å². The van der Waals surface area contributed by atoms with Crippen molar-refractivity contribution in [2.45, 2.75) is 32.7 Å². The molecule has 0 saturated carbocycles. The van der Waals surface area contributed by atoms with Crippen LogP contribution in [0.4, 0.5) is 0 Å². The number of aryl methyl sites for hydroxylation is 3. The molecule has 1 atom stereocenters. The van der Waals surface area contributed by atoms with Gasteiger partial charge < -0.3 is 4.57 Å². The Morgan fingerprint density at radius 1 is 1.23 bits per heavy atom. The number of fused-ring (bicyclic) bond motifs is 1. The number of benzene rings is 1. The minimum Gasteiger partial charge on any atom is -0.334 e. The summed E-state index contributed by atoms with van der Waals surface area (Å²) in [6, 6.07) is 10.2. The molecule has 5 rings (SSSR count). The molecule has 1 aliphatic rings. The number of carbonyl (C=O) groups excluding carboxylic acids is 1. The second-order valence-electron chi connectivity index (χ2n) is 7.74. The molecule has 1 aliphatic heterocycles. The Bertz CT molecular complexity index is 1210. The van der Waals surface area contributed by atoms with Crippen LogP contribution < -0.4 is 0 Å². The highest BCUT2D eigenvalue weighted by Crippen LogP contribution is 2.31. The molecule has 152 valence electrons. The molecular weight excluding hydrogens is 396 g/mol. The zero-order chi connectivity index (χ0) is 20.7. The monoisotopic (exact) mass is 418 g/mol. The number of rotatable bonds is 5. The molecule has 4 heterocycles. The molecule has 0 aliphatic carbocycles. The maximum absolute atomic E-state index is 13.2. The zero-order valence-electron chi connectivity index (χ0n) is 16.9. The average molecular weight is 419 g/mol. The van der Waals surface area contributed by atoms with Gasteiger partial charge in [-0.1, -0.05) is 41.7 Å². The topological polar surface area (TPSA) is 78.5 Å². The van der Waals surface area contributed by atoms with E-state index in [4.69, 9.17) is 4.98 Å². The Morgan fingerprint density at radius 2 is 2.07 bits per heavy atom. The van der Waals surface area contributed by atoms with Gasteiger partial charge >= 0.3 is 0 Å². The van der Waals surface area contributed by atoms with Crippen molar-refractivity contribution >= 4 is 17.1 Å². The van der Waals surface area contributed by atoms with Crippen molar-refractivity contribution in [3.05, 3.63) is 59.3 Å². The second kappa shape index (κ2) is 7.60. The third-order valence-corrected chi connectivity index (χ3v) is 6.48. The number of ketones is 1. The number of hydrogen-bond donors (Lipinski definition) is 0. The molecule has 7 nitrogen and oxygen atoms in total. The summed E-state index contributed by atoms with van der Waals surface area (Å²) in [6.45, 7) is 2.80. The van der Waals surface area contributed by atoms with Gasteiger partial charge in [-0.2, -0.15) is 5.10 Å². The van der Waals surface area contributed by atoms with Gasteiger partial charge in [-0.3, -0.25) is 9.48 Å². The summed E-state index contributed by atoms with van der Waals surface area (Å²) in [5.41, 5.74) is 3.51. The summed E-state index contributed by atoms with van der Waals surface area (Å²) >= 11 is 1.48. The molecule has 0 radical (unpaired) electrons. The summed E-state index contributed by atoms with van der Waals surface area (Å²) in [7, 11) is 1.81. The highest BCUT2D eigenvalue weighted by molar-refractivity contribution is 7.14. The standard InChI is InChI=1S/C22H22N6OS/c1-14-25-26-22(30-14)17-12-23-27(2)21(17)19(29)10-15-8-9-28-13-18(24-20(28)11-15)16-6-4-3-5-7-16/h3-7,12-13,15H,8-11H2,1-2H3. The van der Waals surface area contributed by atoms with E-state index in [2.05, 4.69) is 38.2 Å². The third-order valence-electron chi connectivity index (χ3n) is 5.61. The van der Waals surface area contributed by atoms with Crippen LogP contribution in [0, 0.1) is 12.8 Å². The quantitative estimate of drug-likeness (QED) is 0.459. The van der Waals surface area contributed by atoms with E-state index in [1.54, 1.807) is 10.9 Å². The van der Waals surface area contributed by atoms with Crippen LogP contribution >= 0.6 is 11.3 Å². The first-order chi connectivity index (χ1) is 14.6. The van der Waals surface area contributed by atoms with Gasteiger partial charge in [0.15, 0.2) is 10.8 Å². The third kappa shape index (κ3) is 3.47. The Hall–Kier alpha value is -3.13. The number of nitrogens with zero attached hydrogens (tertiary/aromatic N) is 6. The van der Waals surface area contributed by atoms with Crippen molar-refractivity contribution in [2.75, 3.05) is 0 Å². The highest BCUT2D eigenvalue weighted by Gasteiger charge is 2.27. The lowest BCUT2D eigenvalue weighted by atomic mass is 9.91. The largest absolute Gasteiger partial charge is 0.334 e. The van der Waals surface area contributed by atoms with Crippen molar-refractivity contribution in [1.82, 2.24) is 29.5 Å². The molecule has 30 heavy (non-hydrogen) atoms. The lowest BCUT2D eigenvalue weighted by Gasteiger charge is -2.22. The minimum absolute atomic E-state index is 0.103. The van der Waals surface area contributed by atoms with E-state index >= 15 is 0 Å². The van der Waals surface area contributed by atoms with E-state index < -0.39 is 0 Å². The summed E-state index contributed by atoms with van der Waals surface area (Å²) in [5.74, 6) is 1.43. The summed E-state index contributed by atoms with van der Waals surface area (Å²) in [5, 5.41) is 14.2. The second-order valence-corrected chi connectivity index (χ2v) is 8.93. The van der Waals surface area contributed by atoms with E-state index in [0.29, 0.717) is 12.1 Å². The van der Waals surface area contributed by atoms with Crippen LogP contribution in [0.2, 0.25) is 0 Å². The molecule has 4 aromatic rings.